The molecule has 4 saturated carbocycles. The largest absolute Gasteiger partial charge is 0.461 e. The molecule has 9 unspecified atom stereocenters. The maximum absolute atomic E-state index is 12.1. The van der Waals surface area contributed by atoms with E-state index in [9.17, 15) is 9.59 Å². The zero-order chi connectivity index (χ0) is 21.1. The Labute approximate surface area is 177 Å². The number of ketones is 1. The van der Waals surface area contributed by atoms with Crippen molar-refractivity contribution in [2.24, 2.45) is 46.3 Å². The molecule has 0 heterocycles. The molecule has 5 rings (SSSR count). The molecule has 0 aliphatic heterocycles. The second-order valence-corrected chi connectivity index (χ2v) is 10.8. The van der Waals surface area contributed by atoms with E-state index >= 15 is 0 Å². The fourth-order valence-corrected chi connectivity index (χ4v) is 8.20. The first kappa shape index (κ1) is 21.1. The molecule has 0 aromatic carbocycles. The molecule has 0 saturated heterocycles. The lowest BCUT2D eigenvalue weighted by atomic mass is 9.47. The van der Waals surface area contributed by atoms with Crippen LogP contribution >= 0.6 is 0 Å². The molecule has 3 heteroatoms. The SMILES string of the molecule is CC.CCC(=O)OC1C(C)CC2C3C4CC4C4=CC(=O)CCC4(C)C3CCC21C. The molecule has 9 atom stereocenters. The van der Waals surface area contributed by atoms with Crippen LogP contribution in [0.25, 0.3) is 0 Å². The fourth-order valence-electron chi connectivity index (χ4n) is 8.20. The number of hydrogen-bond acceptors (Lipinski definition) is 3. The van der Waals surface area contributed by atoms with Crippen LogP contribution in [0.1, 0.15) is 86.5 Å². The van der Waals surface area contributed by atoms with E-state index < -0.39 is 0 Å². The highest BCUT2D eigenvalue weighted by atomic mass is 16.5. The van der Waals surface area contributed by atoms with Gasteiger partial charge in [-0.2, -0.15) is 0 Å². The van der Waals surface area contributed by atoms with Gasteiger partial charge >= 0.3 is 5.97 Å². The number of ether oxygens (including phenoxy) is 1. The van der Waals surface area contributed by atoms with Gasteiger partial charge in [-0.25, -0.2) is 0 Å². The molecule has 0 N–H and O–H groups in total. The van der Waals surface area contributed by atoms with Crippen LogP contribution in [-0.2, 0) is 14.3 Å². The molecule has 162 valence electrons. The number of carbonyl (C=O) groups excluding carboxylic acids is 2. The Kier molecular flexibility index (Phi) is 5.27. The predicted molar refractivity (Wildman–Crippen MR) is 115 cm³/mol. The predicted octanol–water partition coefficient (Wildman–Crippen LogP) is 5.97. The highest BCUT2D eigenvalue weighted by Gasteiger charge is 2.68. The molecule has 4 fully saturated rings. The number of carbonyl (C=O) groups is 2. The van der Waals surface area contributed by atoms with Crippen molar-refractivity contribution >= 4 is 11.8 Å². The lowest BCUT2D eigenvalue weighted by Gasteiger charge is -2.57. The van der Waals surface area contributed by atoms with Crippen molar-refractivity contribution in [3.05, 3.63) is 11.6 Å². The van der Waals surface area contributed by atoms with Gasteiger partial charge < -0.3 is 4.74 Å². The summed E-state index contributed by atoms with van der Waals surface area (Å²) in [5.41, 5.74) is 1.88. The Morgan fingerprint density at radius 3 is 2.59 bits per heavy atom. The van der Waals surface area contributed by atoms with Gasteiger partial charge in [0.15, 0.2) is 5.78 Å². The lowest BCUT2D eigenvalue weighted by Crippen LogP contribution is -2.52. The minimum absolute atomic E-state index is 0.0354. The third-order valence-corrected chi connectivity index (χ3v) is 9.53. The maximum Gasteiger partial charge on any atom is 0.305 e. The standard InChI is InChI=1S/C24H34O3.C2H6/c1-5-20(26)27-22-13(2)10-19-21-16-12-15(16)18-11-14(25)6-8-23(18,3)17(21)7-9-24(19,22)4;1-2/h11,13,15-17,19,21-22H,5-10,12H2,1-4H3;1-2H3. The third kappa shape index (κ3) is 2.97. The molecule has 3 nitrogen and oxygen atoms in total. The van der Waals surface area contributed by atoms with Gasteiger partial charge in [-0.1, -0.05) is 47.1 Å². The first-order valence-corrected chi connectivity index (χ1v) is 12.2. The summed E-state index contributed by atoms with van der Waals surface area (Å²) in [5.74, 6) is 4.37. The van der Waals surface area contributed by atoms with Gasteiger partial charge in [-0.05, 0) is 79.1 Å². The first-order valence-electron chi connectivity index (χ1n) is 12.2. The Morgan fingerprint density at radius 2 is 1.90 bits per heavy atom. The van der Waals surface area contributed by atoms with Gasteiger partial charge in [0.1, 0.15) is 6.10 Å². The molecular formula is C26H40O3. The van der Waals surface area contributed by atoms with Crippen molar-refractivity contribution in [2.45, 2.75) is 92.6 Å². The maximum atomic E-state index is 12.1. The lowest BCUT2D eigenvalue weighted by molar-refractivity contribution is -0.162. The molecule has 0 aromatic heterocycles. The van der Waals surface area contributed by atoms with Crippen molar-refractivity contribution in [1.82, 2.24) is 0 Å². The summed E-state index contributed by atoms with van der Waals surface area (Å²) in [6.45, 7) is 13.1. The van der Waals surface area contributed by atoms with Gasteiger partial charge in [0.2, 0.25) is 0 Å². The minimum Gasteiger partial charge on any atom is -0.461 e. The molecule has 0 amide bonds. The molecule has 5 aliphatic carbocycles. The van der Waals surface area contributed by atoms with Crippen LogP contribution in [0.3, 0.4) is 0 Å². The third-order valence-electron chi connectivity index (χ3n) is 9.53. The summed E-state index contributed by atoms with van der Waals surface area (Å²) in [6, 6.07) is 0. The molecule has 0 bridgehead atoms. The summed E-state index contributed by atoms with van der Waals surface area (Å²) in [5, 5.41) is 0. The number of allylic oxidation sites excluding steroid dienone is 1. The van der Waals surface area contributed by atoms with Gasteiger partial charge in [-0.15, -0.1) is 0 Å². The van der Waals surface area contributed by atoms with E-state index in [1.54, 1.807) is 0 Å². The number of rotatable bonds is 2. The second kappa shape index (κ2) is 7.24. The topological polar surface area (TPSA) is 43.4 Å². The Bertz CT molecular complexity index is 723. The van der Waals surface area contributed by atoms with Crippen molar-refractivity contribution in [3.8, 4) is 0 Å². The molecule has 0 spiro atoms. The van der Waals surface area contributed by atoms with E-state index in [0.717, 1.165) is 24.7 Å². The van der Waals surface area contributed by atoms with Crippen molar-refractivity contribution in [3.63, 3.8) is 0 Å². The Balaban J connectivity index is 0.000000994. The average Bonchev–Trinajstić information content (AvgIpc) is 3.46. The summed E-state index contributed by atoms with van der Waals surface area (Å²) < 4.78 is 6.02. The molecular weight excluding hydrogens is 360 g/mol. The average molecular weight is 401 g/mol. The van der Waals surface area contributed by atoms with E-state index in [-0.39, 0.29) is 22.9 Å². The van der Waals surface area contributed by atoms with Gasteiger partial charge in [0.25, 0.3) is 0 Å². The van der Waals surface area contributed by atoms with Crippen LogP contribution in [0.15, 0.2) is 11.6 Å². The van der Waals surface area contributed by atoms with Crippen LogP contribution in [0, 0.1) is 46.3 Å². The molecule has 0 aromatic rings. The van der Waals surface area contributed by atoms with E-state index in [1.165, 1.54) is 31.3 Å². The summed E-state index contributed by atoms with van der Waals surface area (Å²) in [6.07, 6.45) is 9.28. The van der Waals surface area contributed by atoms with Gasteiger partial charge in [0.05, 0.1) is 0 Å². The van der Waals surface area contributed by atoms with Crippen LogP contribution in [0.5, 0.6) is 0 Å². The number of hydrogen-bond donors (Lipinski definition) is 0. The highest BCUT2D eigenvalue weighted by molar-refractivity contribution is 5.92. The molecule has 0 radical (unpaired) electrons. The van der Waals surface area contributed by atoms with Crippen LogP contribution in [-0.4, -0.2) is 17.9 Å². The van der Waals surface area contributed by atoms with E-state index in [1.807, 2.05) is 26.8 Å². The van der Waals surface area contributed by atoms with Crippen molar-refractivity contribution in [1.29, 1.82) is 0 Å². The zero-order valence-electron chi connectivity index (χ0n) is 19.3. The fraction of sp³-hybridized carbons (Fsp3) is 0.846. The van der Waals surface area contributed by atoms with Crippen LogP contribution in [0.4, 0.5) is 0 Å². The minimum atomic E-state index is -0.0354. The summed E-state index contributed by atoms with van der Waals surface area (Å²) in [4.78, 5) is 24.2. The van der Waals surface area contributed by atoms with Crippen LogP contribution in [0.2, 0.25) is 0 Å². The second-order valence-electron chi connectivity index (χ2n) is 10.8. The van der Waals surface area contributed by atoms with Crippen molar-refractivity contribution in [2.75, 3.05) is 0 Å². The zero-order valence-corrected chi connectivity index (χ0v) is 19.3. The Hall–Kier alpha value is -1.12. The van der Waals surface area contributed by atoms with Gasteiger partial charge in [0, 0.05) is 18.3 Å². The highest BCUT2D eigenvalue weighted by Crippen LogP contribution is 2.74. The number of esters is 1. The summed E-state index contributed by atoms with van der Waals surface area (Å²) in [7, 11) is 0. The smallest absolute Gasteiger partial charge is 0.305 e. The van der Waals surface area contributed by atoms with Gasteiger partial charge in [-0.3, -0.25) is 9.59 Å². The normalized spacial score (nSPS) is 49.4. The molecule has 5 aliphatic rings. The first-order chi connectivity index (χ1) is 13.8. The van der Waals surface area contributed by atoms with E-state index in [0.29, 0.717) is 35.9 Å². The van der Waals surface area contributed by atoms with Crippen LogP contribution < -0.4 is 0 Å². The van der Waals surface area contributed by atoms with Crippen molar-refractivity contribution < 1.29 is 14.3 Å². The molecule has 29 heavy (non-hydrogen) atoms. The van der Waals surface area contributed by atoms with E-state index in [2.05, 4.69) is 20.8 Å². The summed E-state index contributed by atoms with van der Waals surface area (Å²) >= 11 is 0. The Morgan fingerprint density at radius 1 is 1.17 bits per heavy atom. The van der Waals surface area contributed by atoms with E-state index in [4.69, 9.17) is 4.74 Å². The monoisotopic (exact) mass is 400 g/mol. The quantitative estimate of drug-likeness (QED) is 0.536. The number of fused-ring (bicyclic) bond motifs is 8.